The van der Waals surface area contributed by atoms with Gasteiger partial charge in [-0.2, -0.15) is 5.26 Å². The number of ether oxygens (including phenoxy) is 1. The van der Waals surface area contributed by atoms with Gasteiger partial charge in [0.1, 0.15) is 17.3 Å². The van der Waals surface area contributed by atoms with Crippen molar-refractivity contribution in [1.29, 1.82) is 5.26 Å². The van der Waals surface area contributed by atoms with Gasteiger partial charge in [0.25, 0.3) is 0 Å². The highest BCUT2D eigenvalue weighted by molar-refractivity contribution is 5.78. The molecule has 10 nitrogen and oxygen atoms in total. The number of likely N-dealkylation sites (tertiary alicyclic amines) is 1. The van der Waals surface area contributed by atoms with Crippen LogP contribution < -0.4 is 5.69 Å². The van der Waals surface area contributed by atoms with Crippen molar-refractivity contribution in [3.63, 3.8) is 0 Å². The Labute approximate surface area is 251 Å². The minimum Gasteiger partial charge on any atom is -0.444 e. The number of fused-ring (bicyclic) bond motifs is 2. The topological polar surface area (TPSA) is 111 Å². The number of nitriles is 1. The highest BCUT2D eigenvalue weighted by Crippen LogP contribution is 2.30. The van der Waals surface area contributed by atoms with E-state index < -0.39 is 5.60 Å². The number of nitrogens with zero attached hydrogens (tertiary/aromatic N) is 7. The molecule has 6 rings (SSSR count). The largest absolute Gasteiger partial charge is 0.444 e. The summed E-state index contributed by atoms with van der Waals surface area (Å²) in [6.45, 7) is 7.89. The van der Waals surface area contributed by atoms with Gasteiger partial charge in [0.15, 0.2) is 0 Å². The van der Waals surface area contributed by atoms with E-state index in [0.29, 0.717) is 38.4 Å². The van der Waals surface area contributed by atoms with Crippen LogP contribution in [0.25, 0.3) is 22.1 Å². The van der Waals surface area contributed by atoms with Gasteiger partial charge in [-0.05, 0) is 64.2 Å². The number of benzene rings is 1. The highest BCUT2D eigenvalue weighted by atomic mass is 16.6. The number of hydrogen-bond acceptors (Lipinski definition) is 6. The van der Waals surface area contributed by atoms with Crippen LogP contribution in [0.4, 0.5) is 4.79 Å². The number of aryl methyl sites for hydroxylation is 1. The molecule has 1 aliphatic carbocycles. The molecular weight excluding hydrogens is 542 g/mol. The van der Waals surface area contributed by atoms with Crippen LogP contribution in [0.2, 0.25) is 0 Å². The van der Waals surface area contributed by atoms with Crippen molar-refractivity contribution in [2.75, 3.05) is 13.1 Å². The molecular formula is C33H41N7O3. The van der Waals surface area contributed by atoms with Crippen LogP contribution in [0.15, 0.2) is 41.3 Å². The van der Waals surface area contributed by atoms with Gasteiger partial charge in [-0.15, -0.1) is 0 Å². The third-order valence-electron chi connectivity index (χ3n) is 8.98. The zero-order valence-corrected chi connectivity index (χ0v) is 25.5. The predicted octanol–water partition coefficient (Wildman–Crippen LogP) is 6.01. The summed E-state index contributed by atoms with van der Waals surface area (Å²) in [5, 5.41) is 10.4. The second kappa shape index (κ2) is 11.9. The lowest BCUT2D eigenvalue weighted by Crippen LogP contribution is -2.43. The summed E-state index contributed by atoms with van der Waals surface area (Å²) in [5.41, 5.74) is 2.93. The van der Waals surface area contributed by atoms with Gasteiger partial charge in [-0.1, -0.05) is 44.2 Å². The summed E-state index contributed by atoms with van der Waals surface area (Å²) in [4.78, 5) is 37.4. The van der Waals surface area contributed by atoms with Crippen LogP contribution in [0.3, 0.4) is 0 Å². The number of carbonyl (C=O) groups excluding carboxylic acids is 1. The van der Waals surface area contributed by atoms with E-state index in [0.717, 1.165) is 40.7 Å². The average Bonchev–Trinajstić information content (AvgIpc) is 3.49. The summed E-state index contributed by atoms with van der Waals surface area (Å²) < 4.78 is 11.6. The van der Waals surface area contributed by atoms with E-state index >= 15 is 0 Å². The molecule has 3 aromatic heterocycles. The maximum Gasteiger partial charge on any atom is 0.410 e. The monoisotopic (exact) mass is 583 g/mol. The van der Waals surface area contributed by atoms with E-state index in [2.05, 4.69) is 26.7 Å². The molecule has 1 aromatic carbocycles. The Morgan fingerprint density at radius 3 is 2.47 bits per heavy atom. The molecule has 1 saturated carbocycles. The average molecular weight is 584 g/mol. The highest BCUT2D eigenvalue weighted by Gasteiger charge is 2.30. The SMILES string of the molecule is CC(C)(C)OC(=O)N1CCC(n2c(=O)n(Cc3cc4cnc(C#N)nc4n3CCC3CCCCC3)c3ccccc32)CC1. The number of aromatic nitrogens is 5. The Morgan fingerprint density at radius 2 is 1.77 bits per heavy atom. The molecule has 226 valence electrons. The fraction of sp³-hybridized carbons (Fsp3) is 0.545. The minimum atomic E-state index is -0.543. The molecule has 1 aliphatic heterocycles. The molecule has 0 radical (unpaired) electrons. The molecule has 0 unspecified atom stereocenters. The fourth-order valence-electron chi connectivity index (χ4n) is 6.85. The number of imidazole rings is 1. The molecule has 0 atom stereocenters. The number of para-hydroxylation sites is 2. The van der Waals surface area contributed by atoms with Crippen molar-refractivity contribution >= 4 is 28.2 Å². The van der Waals surface area contributed by atoms with E-state index in [1.54, 1.807) is 11.1 Å². The fourth-order valence-corrected chi connectivity index (χ4v) is 6.85. The summed E-state index contributed by atoms with van der Waals surface area (Å²) in [7, 11) is 0. The molecule has 2 aliphatic rings. The van der Waals surface area contributed by atoms with Crippen molar-refractivity contribution in [2.45, 2.75) is 96.9 Å². The smallest absolute Gasteiger partial charge is 0.410 e. The first kappa shape index (κ1) is 29.0. The van der Waals surface area contributed by atoms with E-state index in [1.807, 2.05) is 54.2 Å². The zero-order chi connectivity index (χ0) is 30.1. The van der Waals surface area contributed by atoms with Gasteiger partial charge in [-0.25, -0.2) is 19.6 Å². The molecule has 43 heavy (non-hydrogen) atoms. The standard InChI is InChI=1S/C33H41N7O3/c1-33(2,3)43-32(42)37-16-14-25(15-17-37)40-28-12-8-7-11-27(28)39(31(40)41)22-26-19-24-21-35-29(20-34)36-30(24)38(26)18-13-23-9-5-4-6-10-23/h7-8,11-12,19,21,23,25H,4-6,9-10,13-18,22H2,1-3H3. The van der Waals surface area contributed by atoms with Gasteiger partial charge in [-0.3, -0.25) is 9.13 Å². The molecule has 2 fully saturated rings. The lowest BCUT2D eigenvalue weighted by atomic mass is 9.87. The van der Waals surface area contributed by atoms with Gasteiger partial charge in [0.05, 0.1) is 17.6 Å². The molecule has 0 bridgehead atoms. The quantitative estimate of drug-likeness (QED) is 0.275. The first-order chi connectivity index (χ1) is 20.7. The summed E-state index contributed by atoms with van der Waals surface area (Å²) in [6.07, 6.45) is 10.2. The molecule has 4 heterocycles. The molecule has 0 spiro atoms. The van der Waals surface area contributed by atoms with Crippen molar-refractivity contribution in [3.05, 3.63) is 58.5 Å². The maximum absolute atomic E-state index is 14.2. The first-order valence-electron chi connectivity index (χ1n) is 15.6. The Balaban J connectivity index is 1.31. The van der Waals surface area contributed by atoms with Crippen LogP contribution in [0, 0.1) is 17.2 Å². The first-order valence-corrected chi connectivity index (χ1v) is 15.6. The summed E-state index contributed by atoms with van der Waals surface area (Å²) in [5.74, 6) is 0.843. The van der Waals surface area contributed by atoms with Gasteiger partial charge >= 0.3 is 11.8 Å². The van der Waals surface area contributed by atoms with E-state index in [-0.39, 0.29) is 23.6 Å². The van der Waals surface area contributed by atoms with Crippen molar-refractivity contribution in [1.82, 2.24) is 28.6 Å². The normalized spacial score (nSPS) is 17.0. The number of hydrogen-bond donors (Lipinski definition) is 0. The van der Waals surface area contributed by atoms with Crippen molar-refractivity contribution in [2.24, 2.45) is 5.92 Å². The molecule has 1 amide bonds. The second-order valence-electron chi connectivity index (χ2n) is 13.1. The molecule has 10 heteroatoms. The van der Waals surface area contributed by atoms with Crippen molar-refractivity contribution < 1.29 is 9.53 Å². The molecule has 0 N–H and O–H groups in total. The number of carbonyl (C=O) groups is 1. The summed E-state index contributed by atoms with van der Waals surface area (Å²) in [6, 6.07) is 12.1. The number of piperidine rings is 1. The Morgan fingerprint density at radius 1 is 1.05 bits per heavy atom. The Kier molecular flexibility index (Phi) is 7.99. The molecule has 4 aromatic rings. The third-order valence-corrected chi connectivity index (χ3v) is 8.98. The van der Waals surface area contributed by atoms with Crippen LogP contribution in [-0.2, 0) is 17.8 Å². The third kappa shape index (κ3) is 6.03. The van der Waals surface area contributed by atoms with Crippen LogP contribution >= 0.6 is 0 Å². The van der Waals surface area contributed by atoms with E-state index in [4.69, 9.17) is 4.74 Å². The van der Waals surface area contributed by atoms with E-state index in [9.17, 15) is 14.9 Å². The molecule has 1 saturated heterocycles. The number of rotatable bonds is 6. The van der Waals surface area contributed by atoms with Gasteiger partial charge in [0, 0.05) is 43.0 Å². The second-order valence-corrected chi connectivity index (χ2v) is 13.1. The Bertz CT molecular complexity index is 1720. The zero-order valence-electron chi connectivity index (χ0n) is 25.5. The van der Waals surface area contributed by atoms with Crippen LogP contribution in [0.1, 0.15) is 89.7 Å². The predicted molar refractivity (Wildman–Crippen MR) is 165 cm³/mol. The summed E-state index contributed by atoms with van der Waals surface area (Å²) >= 11 is 0. The van der Waals surface area contributed by atoms with Crippen molar-refractivity contribution in [3.8, 4) is 6.07 Å². The number of amides is 1. The van der Waals surface area contributed by atoms with Crippen LogP contribution in [-0.4, -0.2) is 53.4 Å². The minimum absolute atomic E-state index is 0.0152. The van der Waals surface area contributed by atoms with Gasteiger partial charge < -0.3 is 14.2 Å². The van der Waals surface area contributed by atoms with E-state index in [1.165, 1.54) is 32.1 Å². The Hall–Kier alpha value is -4.13. The lowest BCUT2D eigenvalue weighted by molar-refractivity contribution is 0.0188. The van der Waals surface area contributed by atoms with Gasteiger partial charge in [0.2, 0.25) is 5.82 Å². The maximum atomic E-state index is 14.2. The lowest BCUT2D eigenvalue weighted by Gasteiger charge is -2.33. The van der Waals surface area contributed by atoms with Crippen LogP contribution in [0.5, 0.6) is 0 Å².